The molecule has 2 aromatic carbocycles. The number of hydrogen-bond acceptors (Lipinski definition) is 16. The topological polar surface area (TPSA) is 277 Å². The Kier molecular flexibility index (Phi) is 25.1. The summed E-state index contributed by atoms with van der Waals surface area (Å²) in [6.07, 6.45) is 9.81. The van der Waals surface area contributed by atoms with E-state index < -0.39 is 5.82 Å². The maximum absolute atomic E-state index is 14.9. The number of urea groups is 1. The molecule has 72 heavy (non-hydrogen) atoms. The number of nitrogens with one attached hydrogen (secondary N) is 8. The molecule has 0 aliphatic carbocycles. The van der Waals surface area contributed by atoms with E-state index in [9.17, 15) is 33.6 Å². The zero-order chi connectivity index (χ0) is 51.2. The van der Waals surface area contributed by atoms with Gasteiger partial charge in [0.1, 0.15) is 18.2 Å². The van der Waals surface area contributed by atoms with E-state index in [1.807, 2.05) is 12.1 Å². The Labute approximate surface area is 422 Å². The molecule has 3 unspecified atom stereocenters. The molecule has 8 N–H and O–H groups in total. The van der Waals surface area contributed by atoms with Gasteiger partial charge in [-0.1, -0.05) is 24.8 Å². The summed E-state index contributed by atoms with van der Waals surface area (Å²) in [5, 5.41) is 32.8. The number of aromatic nitrogens is 2. The molecule has 23 heteroatoms. The van der Waals surface area contributed by atoms with Crippen molar-refractivity contribution >= 4 is 70.3 Å². The van der Waals surface area contributed by atoms with Gasteiger partial charge in [0.15, 0.2) is 17.4 Å². The van der Waals surface area contributed by atoms with E-state index in [0.29, 0.717) is 102 Å². The van der Waals surface area contributed by atoms with Crippen LogP contribution in [0.2, 0.25) is 0 Å². The number of hydrogen-bond donors (Lipinski definition) is 8. The van der Waals surface area contributed by atoms with Gasteiger partial charge in [-0.3, -0.25) is 19.2 Å². The smallest absolute Gasteiger partial charge is 0.315 e. The third-order valence-corrected chi connectivity index (χ3v) is 12.0. The maximum Gasteiger partial charge on any atom is 0.315 e. The summed E-state index contributed by atoms with van der Waals surface area (Å²) in [7, 11) is 0. The molecule has 2 aliphatic rings. The lowest BCUT2D eigenvalue weighted by molar-refractivity contribution is -0.123. The molecular formula is C49H64FN11O10S. The van der Waals surface area contributed by atoms with Gasteiger partial charge in [0.2, 0.25) is 29.6 Å². The number of fused-ring (bicyclic) bond motifs is 1. The van der Waals surface area contributed by atoms with Crippen molar-refractivity contribution < 1.29 is 52.0 Å². The average Bonchev–Trinajstić information content (AvgIpc) is 3.93. The van der Waals surface area contributed by atoms with Crippen LogP contribution < -0.4 is 47.3 Å². The summed E-state index contributed by atoms with van der Waals surface area (Å²) in [4.78, 5) is 68.1. The first kappa shape index (κ1) is 56.1. The number of rotatable bonds is 35. The van der Waals surface area contributed by atoms with Crippen LogP contribution in [-0.2, 0) is 38.1 Å². The summed E-state index contributed by atoms with van der Waals surface area (Å²) in [5.74, 6) is -0.156. The number of anilines is 5. The minimum Gasteiger partial charge on any atom is -0.488 e. The normalized spacial score (nSPS) is 15.7. The standard InChI is InChI=1S/C49H64FN11O10S/c1-2-42(62)56-35-9-5-10-36(29-35)57-47-34(31-51)32-55-48(61-47)58-37-15-16-40(38(50)30-37)71-28-27-69-22-19-54-45(65)14-6-13-44(64)53-18-8-21-68-24-26-70-25-23-67-20-7-17-52-43(63)12-4-3-11-41-46-39(33-72-41)59-49(66)60-46/h2-3,5,9-11,15-16,29-30,32,39,41,46H,1,4,6-8,12-14,17-28,33H2,(H,52,63)(H,53,64)(H,54,65)(H,56,62)(H2,59,60,66)(H2,55,57,58,61). The quantitative estimate of drug-likeness (QED) is 0.0176. The van der Waals surface area contributed by atoms with Crippen LogP contribution in [0.5, 0.6) is 5.75 Å². The van der Waals surface area contributed by atoms with Crippen LogP contribution in [0, 0.1) is 17.1 Å². The minimum absolute atomic E-state index is 0.000548. The number of halogens is 1. The van der Waals surface area contributed by atoms with E-state index in [0.717, 1.165) is 11.8 Å². The van der Waals surface area contributed by atoms with E-state index >= 15 is 0 Å². The van der Waals surface area contributed by atoms with Gasteiger partial charge in [-0.15, -0.1) is 11.8 Å². The van der Waals surface area contributed by atoms with Crippen molar-refractivity contribution in [2.75, 3.05) is 101 Å². The summed E-state index contributed by atoms with van der Waals surface area (Å²) in [6, 6.07) is 13.2. The van der Waals surface area contributed by atoms with Gasteiger partial charge in [0.05, 0.1) is 57.9 Å². The number of ether oxygens (including phenoxy) is 5. The lowest BCUT2D eigenvalue weighted by atomic mass is 10.1. The van der Waals surface area contributed by atoms with E-state index in [-0.39, 0.29) is 109 Å². The Morgan fingerprint density at radius 1 is 0.792 bits per heavy atom. The first-order valence-electron chi connectivity index (χ1n) is 23.8. The van der Waals surface area contributed by atoms with Crippen LogP contribution in [0.25, 0.3) is 0 Å². The average molecular weight is 1020 g/mol. The highest BCUT2D eigenvalue weighted by Crippen LogP contribution is 2.31. The van der Waals surface area contributed by atoms with Crippen LogP contribution in [0.15, 0.2) is 73.5 Å². The maximum atomic E-state index is 14.9. The second-order valence-corrected chi connectivity index (χ2v) is 17.4. The molecule has 388 valence electrons. The molecule has 0 saturated carbocycles. The lowest BCUT2D eigenvalue weighted by Gasteiger charge is -2.12. The number of nitrogens with zero attached hydrogens (tertiary/aromatic N) is 3. The SMILES string of the molecule is C=CC(=O)Nc1cccc(Nc2nc(Nc3ccc(OCCOCCNC(=O)CCCC(=O)NCCCOCCOCCOCCCNC(=O)CCC=CC4SCC5NC(=O)NC54)c(F)c3)ncc2C#N)c1. The third kappa shape index (κ3) is 21.3. The van der Waals surface area contributed by atoms with Gasteiger partial charge in [-0.05, 0) is 62.1 Å². The molecule has 0 radical (unpaired) electrons. The molecule has 2 aliphatic heterocycles. The first-order chi connectivity index (χ1) is 35.1. The van der Waals surface area contributed by atoms with Crippen LogP contribution >= 0.6 is 11.8 Å². The number of carbonyl (C=O) groups is 5. The predicted molar refractivity (Wildman–Crippen MR) is 270 cm³/mol. The molecule has 0 spiro atoms. The fraction of sp³-hybridized carbons (Fsp3) is 0.469. The summed E-state index contributed by atoms with van der Waals surface area (Å²) in [6.45, 7) is 7.86. The van der Waals surface area contributed by atoms with E-state index in [1.165, 1.54) is 18.3 Å². The second-order valence-electron chi connectivity index (χ2n) is 16.2. The van der Waals surface area contributed by atoms with Crippen molar-refractivity contribution in [3.63, 3.8) is 0 Å². The molecule has 3 heterocycles. The molecule has 21 nitrogen and oxygen atoms in total. The Hall–Kier alpha value is -6.84. The summed E-state index contributed by atoms with van der Waals surface area (Å²) in [5.41, 5.74) is 1.56. The molecule has 3 atom stereocenters. The number of amides is 6. The van der Waals surface area contributed by atoms with Gasteiger partial charge < -0.3 is 66.2 Å². The van der Waals surface area contributed by atoms with Gasteiger partial charge >= 0.3 is 6.03 Å². The molecule has 3 aromatic rings. The third-order valence-electron chi connectivity index (χ3n) is 10.6. The van der Waals surface area contributed by atoms with Gasteiger partial charge in [0.25, 0.3) is 0 Å². The highest BCUT2D eigenvalue weighted by Gasteiger charge is 2.41. The van der Waals surface area contributed by atoms with Crippen LogP contribution in [0.4, 0.5) is 38.0 Å². The molecule has 2 saturated heterocycles. The van der Waals surface area contributed by atoms with Crippen molar-refractivity contribution in [3.8, 4) is 11.8 Å². The fourth-order valence-corrected chi connectivity index (χ4v) is 8.40. The molecule has 6 amide bonds. The van der Waals surface area contributed by atoms with E-state index in [2.05, 4.69) is 65.2 Å². The Morgan fingerprint density at radius 2 is 1.44 bits per heavy atom. The highest BCUT2D eigenvalue weighted by atomic mass is 32.2. The zero-order valence-electron chi connectivity index (χ0n) is 40.1. The van der Waals surface area contributed by atoms with Crippen LogP contribution in [0.1, 0.15) is 50.5 Å². The first-order valence-corrected chi connectivity index (χ1v) is 24.9. The Morgan fingerprint density at radius 3 is 2.15 bits per heavy atom. The van der Waals surface area contributed by atoms with Gasteiger partial charge in [0, 0.05) is 86.2 Å². The number of thioether (sulfide) groups is 1. The molecule has 5 rings (SSSR count). The van der Waals surface area contributed by atoms with Crippen LogP contribution in [-0.4, -0.2) is 142 Å². The summed E-state index contributed by atoms with van der Waals surface area (Å²) < 4.78 is 42.5. The predicted octanol–water partition coefficient (Wildman–Crippen LogP) is 4.35. The second kappa shape index (κ2) is 32.2. The van der Waals surface area contributed by atoms with Gasteiger partial charge in [-0.2, -0.15) is 10.2 Å². The van der Waals surface area contributed by atoms with E-state index in [4.69, 9.17) is 23.7 Å². The van der Waals surface area contributed by atoms with Crippen molar-refractivity contribution in [1.29, 1.82) is 5.26 Å². The molecule has 2 fully saturated rings. The van der Waals surface area contributed by atoms with Crippen LogP contribution in [0.3, 0.4) is 0 Å². The number of allylic oxidation sites excluding steroid dienone is 1. The number of nitriles is 1. The van der Waals surface area contributed by atoms with Crippen molar-refractivity contribution in [1.82, 2.24) is 36.6 Å². The molecular weight excluding hydrogens is 954 g/mol. The number of benzene rings is 2. The van der Waals surface area contributed by atoms with Gasteiger partial charge in [-0.25, -0.2) is 14.2 Å². The monoisotopic (exact) mass is 1020 g/mol. The fourth-order valence-electron chi connectivity index (χ4n) is 6.99. The van der Waals surface area contributed by atoms with E-state index in [1.54, 1.807) is 42.1 Å². The molecule has 1 aromatic heterocycles. The lowest BCUT2D eigenvalue weighted by Crippen LogP contribution is -2.35. The Balaban J connectivity index is 0.777. The Bertz CT molecular complexity index is 2320. The largest absolute Gasteiger partial charge is 0.488 e. The molecule has 0 bridgehead atoms. The van der Waals surface area contributed by atoms with Crippen molar-refractivity contribution in [2.45, 2.75) is 62.3 Å². The van der Waals surface area contributed by atoms with Crippen molar-refractivity contribution in [3.05, 3.63) is 84.8 Å². The number of carbonyl (C=O) groups excluding carboxylic acids is 5. The van der Waals surface area contributed by atoms with Crippen molar-refractivity contribution in [2.24, 2.45) is 0 Å². The zero-order valence-corrected chi connectivity index (χ0v) is 41.0. The highest BCUT2D eigenvalue weighted by molar-refractivity contribution is 8.00. The summed E-state index contributed by atoms with van der Waals surface area (Å²) >= 11 is 1.80. The minimum atomic E-state index is -0.638.